The van der Waals surface area contributed by atoms with Gasteiger partial charge < -0.3 is 9.84 Å². The van der Waals surface area contributed by atoms with Gasteiger partial charge in [0.25, 0.3) is 5.78 Å². The molecule has 164 valence electrons. The molecule has 4 aromatic rings. The first-order chi connectivity index (χ1) is 16.0. The molecule has 0 aliphatic carbocycles. The minimum absolute atomic E-state index is 0.00473. The molecule has 1 atom stereocenters. The van der Waals surface area contributed by atoms with Gasteiger partial charge >= 0.3 is 5.91 Å². The number of benzene rings is 2. The highest BCUT2D eigenvalue weighted by Crippen LogP contribution is 2.44. The van der Waals surface area contributed by atoms with E-state index in [1.54, 1.807) is 48.8 Å². The molecule has 0 radical (unpaired) electrons. The lowest BCUT2D eigenvalue weighted by molar-refractivity contribution is -0.132. The molecule has 8 heteroatoms. The summed E-state index contributed by atoms with van der Waals surface area (Å²) in [7, 11) is 1.52. The van der Waals surface area contributed by atoms with Crippen molar-refractivity contribution in [2.75, 3.05) is 12.0 Å². The average molecular weight is 458 g/mol. The third-order valence-corrected chi connectivity index (χ3v) is 6.57. The molecule has 7 nitrogen and oxygen atoms in total. The molecule has 2 aromatic heterocycles. The molecule has 5 rings (SSSR count). The second-order valence-electron chi connectivity index (χ2n) is 7.65. The van der Waals surface area contributed by atoms with Crippen molar-refractivity contribution in [1.29, 1.82) is 0 Å². The van der Waals surface area contributed by atoms with Crippen LogP contribution in [0.15, 0.2) is 72.6 Å². The van der Waals surface area contributed by atoms with E-state index in [0.29, 0.717) is 22.0 Å². The number of amides is 1. The molecule has 0 bridgehead atoms. The summed E-state index contributed by atoms with van der Waals surface area (Å²) in [6.07, 6.45) is 3.17. The van der Waals surface area contributed by atoms with E-state index in [2.05, 4.69) is 9.97 Å². The van der Waals surface area contributed by atoms with Crippen LogP contribution in [0.1, 0.15) is 22.7 Å². The SMILES string of the molecule is COc1cccc(C(O)=C2C(=O)C(=O)N(c3nc4ccc(C)cc4s3)C2c2ccncc2)c1. The van der Waals surface area contributed by atoms with E-state index in [1.807, 2.05) is 25.1 Å². The van der Waals surface area contributed by atoms with Crippen LogP contribution in [-0.2, 0) is 9.59 Å². The number of methoxy groups -OCH3 is 1. The summed E-state index contributed by atoms with van der Waals surface area (Å²) < 4.78 is 6.16. The molecule has 1 fully saturated rings. The van der Waals surface area contributed by atoms with Crippen LogP contribution in [0.4, 0.5) is 5.13 Å². The van der Waals surface area contributed by atoms with Gasteiger partial charge in [0.05, 0.1) is 28.9 Å². The van der Waals surface area contributed by atoms with Gasteiger partial charge in [-0.05, 0) is 54.4 Å². The van der Waals surface area contributed by atoms with Crippen LogP contribution in [0.2, 0.25) is 0 Å². The number of aromatic nitrogens is 2. The molecule has 0 saturated carbocycles. The number of aryl methyl sites for hydroxylation is 1. The Balaban J connectivity index is 1.72. The number of carbonyl (C=O) groups is 2. The Labute approximate surface area is 193 Å². The van der Waals surface area contributed by atoms with Crippen LogP contribution in [0.3, 0.4) is 0 Å². The van der Waals surface area contributed by atoms with Crippen molar-refractivity contribution < 1.29 is 19.4 Å². The number of hydrogen-bond donors (Lipinski definition) is 1. The largest absolute Gasteiger partial charge is 0.507 e. The lowest BCUT2D eigenvalue weighted by Gasteiger charge is -2.22. The highest BCUT2D eigenvalue weighted by molar-refractivity contribution is 7.22. The minimum atomic E-state index is -0.846. The Morgan fingerprint density at radius 1 is 1.09 bits per heavy atom. The summed E-state index contributed by atoms with van der Waals surface area (Å²) in [6, 6.07) is 15.1. The molecule has 1 aliphatic heterocycles. The lowest BCUT2D eigenvalue weighted by Crippen LogP contribution is -2.29. The number of anilines is 1. The number of ether oxygens (including phenoxy) is 1. The summed E-state index contributed by atoms with van der Waals surface area (Å²) in [5.41, 5.74) is 2.83. The molecule has 1 amide bonds. The Bertz CT molecular complexity index is 1430. The first-order valence-electron chi connectivity index (χ1n) is 10.2. The van der Waals surface area contributed by atoms with Gasteiger partial charge in [0.2, 0.25) is 0 Å². The number of ketones is 1. The third kappa shape index (κ3) is 3.54. The molecule has 2 aromatic carbocycles. The van der Waals surface area contributed by atoms with Crippen molar-refractivity contribution in [1.82, 2.24) is 9.97 Å². The highest BCUT2D eigenvalue weighted by atomic mass is 32.1. The Hall–Kier alpha value is -4.04. The van der Waals surface area contributed by atoms with E-state index < -0.39 is 17.7 Å². The summed E-state index contributed by atoms with van der Waals surface area (Å²) >= 11 is 1.33. The predicted molar refractivity (Wildman–Crippen MR) is 126 cm³/mol. The molecular formula is C25H19N3O4S. The van der Waals surface area contributed by atoms with Gasteiger partial charge in [0, 0.05) is 18.0 Å². The standard InChI is InChI=1S/C25H19N3O4S/c1-14-6-7-18-19(12-14)33-25(27-18)28-21(15-8-10-26-11-9-15)20(23(30)24(28)31)22(29)16-4-3-5-17(13-16)32-2/h3-13,21,29H,1-2H3. The Morgan fingerprint density at radius 2 is 1.88 bits per heavy atom. The van der Waals surface area contributed by atoms with Gasteiger partial charge in [-0.25, -0.2) is 4.98 Å². The first-order valence-corrected chi connectivity index (χ1v) is 11.0. The average Bonchev–Trinajstić information content (AvgIpc) is 3.37. The van der Waals surface area contributed by atoms with Crippen LogP contribution in [0, 0.1) is 6.92 Å². The normalized spacial score (nSPS) is 17.6. The monoisotopic (exact) mass is 457 g/mol. The van der Waals surface area contributed by atoms with E-state index in [0.717, 1.165) is 15.8 Å². The van der Waals surface area contributed by atoms with Gasteiger partial charge in [0.15, 0.2) is 5.13 Å². The zero-order valence-electron chi connectivity index (χ0n) is 17.9. The van der Waals surface area contributed by atoms with Crippen LogP contribution in [-0.4, -0.2) is 33.9 Å². The van der Waals surface area contributed by atoms with Crippen molar-refractivity contribution in [2.45, 2.75) is 13.0 Å². The van der Waals surface area contributed by atoms with Crippen LogP contribution in [0.25, 0.3) is 16.0 Å². The summed E-state index contributed by atoms with van der Waals surface area (Å²) in [5, 5.41) is 11.6. The van der Waals surface area contributed by atoms with Gasteiger partial charge in [-0.3, -0.25) is 19.5 Å². The van der Waals surface area contributed by atoms with Crippen LogP contribution >= 0.6 is 11.3 Å². The van der Waals surface area contributed by atoms with E-state index in [-0.39, 0.29) is 11.3 Å². The zero-order chi connectivity index (χ0) is 23.1. The maximum absolute atomic E-state index is 13.3. The second-order valence-corrected chi connectivity index (χ2v) is 8.66. The number of nitrogens with zero attached hydrogens (tertiary/aromatic N) is 3. The van der Waals surface area contributed by atoms with Crippen molar-refractivity contribution in [3.8, 4) is 5.75 Å². The van der Waals surface area contributed by atoms with Gasteiger partial charge in [-0.2, -0.15) is 0 Å². The molecule has 1 aliphatic rings. The maximum atomic E-state index is 13.3. The number of Topliss-reactive ketones (excluding diaryl/α,β-unsaturated/α-hetero) is 1. The van der Waals surface area contributed by atoms with E-state index in [1.165, 1.54) is 23.3 Å². The molecular weight excluding hydrogens is 438 g/mol. The topological polar surface area (TPSA) is 92.6 Å². The molecule has 3 heterocycles. The molecule has 1 N–H and O–H groups in total. The number of carbonyl (C=O) groups excluding carboxylic acids is 2. The summed E-state index contributed by atoms with van der Waals surface area (Å²) in [4.78, 5) is 36.5. The van der Waals surface area contributed by atoms with Crippen molar-refractivity contribution in [3.63, 3.8) is 0 Å². The number of pyridine rings is 1. The number of aliphatic hydroxyl groups excluding tert-OH is 1. The van der Waals surface area contributed by atoms with Crippen LogP contribution < -0.4 is 9.64 Å². The number of hydrogen-bond acceptors (Lipinski definition) is 7. The molecule has 1 saturated heterocycles. The quantitative estimate of drug-likeness (QED) is 0.273. The van der Waals surface area contributed by atoms with E-state index in [4.69, 9.17) is 4.74 Å². The fraction of sp³-hybridized carbons (Fsp3) is 0.120. The summed E-state index contributed by atoms with van der Waals surface area (Å²) in [5.74, 6) is -1.26. The van der Waals surface area contributed by atoms with Gasteiger partial charge in [0.1, 0.15) is 11.5 Å². The first kappa shape index (κ1) is 20.8. The lowest BCUT2D eigenvalue weighted by atomic mass is 9.96. The number of thiazole rings is 1. The number of aliphatic hydroxyl groups is 1. The van der Waals surface area contributed by atoms with Crippen LogP contribution in [0.5, 0.6) is 5.75 Å². The predicted octanol–water partition coefficient (Wildman–Crippen LogP) is 4.63. The number of fused-ring (bicyclic) bond motifs is 1. The van der Waals surface area contributed by atoms with Crippen molar-refractivity contribution in [3.05, 3.63) is 89.3 Å². The van der Waals surface area contributed by atoms with Crippen molar-refractivity contribution in [2.24, 2.45) is 0 Å². The molecule has 1 unspecified atom stereocenters. The zero-order valence-corrected chi connectivity index (χ0v) is 18.7. The van der Waals surface area contributed by atoms with E-state index in [9.17, 15) is 14.7 Å². The Morgan fingerprint density at radius 3 is 2.64 bits per heavy atom. The molecule has 33 heavy (non-hydrogen) atoms. The van der Waals surface area contributed by atoms with Gasteiger partial charge in [-0.1, -0.05) is 29.5 Å². The third-order valence-electron chi connectivity index (χ3n) is 5.55. The minimum Gasteiger partial charge on any atom is -0.507 e. The fourth-order valence-electron chi connectivity index (χ4n) is 3.94. The van der Waals surface area contributed by atoms with E-state index >= 15 is 0 Å². The Kier molecular flexibility index (Phi) is 5.14. The fourth-order valence-corrected chi connectivity index (χ4v) is 5.03. The maximum Gasteiger partial charge on any atom is 0.301 e. The molecule has 0 spiro atoms. The smallest absolute Gasteiger partial charge is 0.301 e. The second kappa shape index (κ2) is 8.14. The highest BCUT2D eigenvalue weighted by Gasteiger charge is 2.48. The van der Waals surface area contributed by atoms with Gasteiger partial charge in [-0.15, -0.1) is 0 Å². The summed E-state index contributed by atoms with van der Waals surface area (Å²) in [6.45, 7) is 1.98. The van der Waals surface area contributed by atoms with Crippen molar-refractivity contribution >= 4 is 44.1 Å². The number of rotatable bonds is 4.